The molecule has 1 aliphatic rings. The number of piperidine rings is 1. The molecule has 2 atom stereocenters. The van der Waals surface area contributed by atoms with Gasteiger partial charge < -0.3 is 10.4 Å². The van der Waals surface area contributed by atoms with Crippen molar-refractivity contribution in [1.29, 1.82) is 0 Å². The summed E-state index contributed by atoms with van der Waals surface area (Å²) in [5.41, 5.74) is 2.04. The molecule has 0 bridgehead atoms. The van der Waals surface area contributed by atoms with Crippen LogP contribution in [0, 0.1) is 0 Å². The van der Waals surface area contributed by atoms with E-state index in [9.17, 15) is 5.11 Å². The van der Waals surface area contributed by atoms with Crippen molar-refractivity contribution in [2.24, 2.45) is 0 Å². The molecule has 2 N–H and O–H groups in total. The first kappa shape index (κ1) is 9.74. The molecule has 0 radical (unpaired) electrons. The summed E-state index contributed by atoms with van der Waals surface area (Å²) in [6.45, 7) is 0.951. The molecule has 3 rings (SSSR count). The zero-order chi connectivity index (χ0) is 11.0. The van der Waals surface area contributed by atoms with E-state index in [1.165, 1.54) is 6.33 Å². The Morgan fingerprint density at radius 2 is 2.44 bits per heavy atom. The van der Waals surface area contributed by atoms with E-state index in [4.69, 9.17) is 0 Å². The highest BCUT2D eigenvalue weighted by Crippen LogP contribution is 2.26. The van der Waals surface area contributed by atoms with Crippen LogP contribution in [0.5, 0.6) is 0 Å². The largest absolute Gasteiger partial charge is 0.391 e. The fourth-order valence-electron chi connectivity index (χ4n) is 2.32. The van der Waals surface area contributed by atoms with Crippen molar-refractivity contribution in [3.05, 3.63) is 30.4 Å². The number of hydrogen-bond acceptors (Lipinski definition) is 4. The smallest absolute Gasteiger partial charge is 0.136 e. The van der Waals surface area contributed by atoms with Crippen molar-refractivity contribution in [2.75, 3.05) is 6.54 Å². The first-order valence-corrected chi connectivity index (χ1v) is 5.55. The quantitative estimate of drug-likeness (QED) is 0.732. The Hall–Kier alpha value is -1.46. The molecule has 16 heavy (non-hydrogen) atoms. The first-order valence-electron chi connectivity index (χ1n) is 5.55. The van der Waals surface area contributed by atoms with Crippen molar-refractivity contribution in [3.63, 3.8) is 0 Å². The molecule has 0 saturated carbocycles. The molecule has 2 unspecified atom stereocenters. The summed E-state index contributed by atoms with van der Waals surface area (Å²) in [5.74, 6) is 0. The molecule has 1 aliphatic heterocycles. The summed E-state index contributed by atoms with van der Waals surface area (Å²) >= 11 is 0. The molecule has 5 nitrogen and oxygen atoms in total. The number of rotatable bonds is 1. The highest BCUT2D eigenvalue weighted by molar-refractivity contribution is 5.54. The lowest BCUT2D eigenvalue weighted by atomic mass is 9.95. The van der Waals surface area contributed by atoms with Crippen LogP contribution in [0.3, 0.4) is 0 Å². The second-order valence-electron chi connectivity index (χ2n) is 4.15. The van der Waals surface area contributed by atoms with E-state index in [0.29, 0.717) is 0 Å². The van der Waals surface area contributed by atoms with E-state index in [0.717, 1.165) is 30.5 Å². The Morgan fingerprint density at radius 3 is 3.31 bits per heavy atom. The van der Waals surface area contributed by atoms with Crippen molar-refractivity contribution in [3.8, 4) is 0 Å². The number of aliphatic hydroxyl groups is 1. The zero-order valence-electron chi connectivity index (χ0n) is 8.87. The van der Waals surface area contributed by atoms with E-state index < -0.39 is 0 Å². The minimum absolute atomic E-state index is 0.00440. The Kier molecular flexibility index (Phi) is 2.34. The van der Waals surface area contributed by atoms with Gasteiger partial charge in [0.1, 0.15) is 6.33 Å². The van der Waals surface area contributed by atoms with Crippen LogP contribution in [0.25, 0.3) is 5.52 Å². The standard InChI is InChI=1S/C11H14N4O/c16-10-2-1-4-13-11(10)8-3-5-15-9(8)6-12-7-14-15/h3,5-7,10-11,13,16H,1-2,4H2. The van der Waals surface area contributed by atoms with Gasteiger partial charge in [0.2, 0.25) is 0 Å². The summed E-state index contributed by atoms with van der Waals surface area (Å²) in [5, 5.41) is 17.5. The van der Waals surface area contributed by atoms with Gasteiger partial charge in [-0.15, -0.1) is 0 Å². The predicted molar refractivity (Wildman–Crippen MR) is 59.0 cm³/mol. The lowest BCUT2D eigenvalue weighted by Crippen LogP contribution is -2.37. The van der Waals surface area contributed by atoms with Gasteiger partial charge in [-0.1, -0.05) is 0 Å². The molecular weight excluding hydrogens is 204 g/mol. The highest BCUT2D eigenvalue weighted by atomic mass is 16.3. The van der Waals surface area contributed by atoms with E-state index in [-0.39, 0.29) is 12.1 Å². The maximum absolute atomic E-state index is 9.99. The number of fused-ring (bicyclic) bond motifs is 1. The lowest BCUT2D eigenvalue weighted by molar-refractivity contribution is 0.0971. The molecule has 0 spiro atoms. The second kappa shape index (κ2) is 3.84. The molecule has 5 heteroatoms. The summed E-state index contributed by atoms with van der Waals surface area (Å²) in [7, 11) is 0. The fraction of sp³-hybridized carbons (Fsp3) is 0.455. The number of aliphatic hydroxyl groups excluding tert-OH is 1. The van der Waals surface area contributed by atoms with Crippen LogP contribution in [0.1, 0.15) is 24.4 Å². The van der Waals surface area contributed by atoms with E-state index in [1.54, 1.807) is 10.7 Å². The monoisotopic (exact) mass is 218 g/mol. The van der Waals surface area contributed by atoms with Crippen molar-refractivity contribution >= 4 is 5.52 Å². The van der Waals surface area contributed by atoms with Gasteiger partial charge in [-0.25, -0.2) is 9.50 Å². The van der Waals surface area contributed by atoms with Crippen molar-refractivity contribution in [1.82, 2.24) is 19.9 Å². The van der Waals surface area contributed by atoms with Crippen LogP contribution in [-0.4, -0.2) is 32.4 Å². The van der Waals surface area contributed by atoms with E-state index in [2.05, 4.69) is 15.4 Å². The van der Waals surface area contributed by atoms with Crippen LogP contribution in [-0.2, 0) is 0 Å². The molecule has 2 aromatic rings. The molecule has 1 fully saturated rings. The summed E-state index contributed by atoms with van der Waals surface area (Å²) in [6, 6.07) is 2.00. The number of nitrogens with zero attached hydrogens (tertiary/aromatic N) is 3. The van der Waals surface area contributed by atoms with E-state index >= 15 is 0 Å². The average molecular weight is 218 g/mol. The normalized spacial score (nSPS) is 26.1. The van der Waals surface area contributed by atoms with Crippen molar-refractivity contribution < 1.29 is 5.11 Å². The number of hydrogen-bond donors (Lipinski definition) is 2. The fourth-order valence-corrected chi connectivity index (χ4v) is 2.32. The van der Waals surface area contributed by atoms with Gasteiger partial charge in [0, 0.05) is 11.8 Å². The van der Waals surface area contributed by atoms with Crippen LogP contribution < -0.4 is 5.32 Å². The molecule has 1 saturated heterocycles. The van der Waals surface area contributed by atoms with Crippen LogP contribution in [0.4, 0.5) is 0 Å². The molecule has 84 valence electrons. The number of aromatic nitrogens is 3. The maximum Gasteiger partial charge on any atom is 0.136 e. The third-order valence-corrected chi connectivity index (χ3v) is 3.14. The van der Waals surface area contributed by atoms with E-state index in [1.807, 2.05) is 12.3 Å². The second-order valence-corrected chi connectivity index (χ2v) is 4.15. The van der Waals surface area contributed by atoms with Crippen LogP contribution in [0.15, 0.2) is 24.8 Å². The highest BCUT2D eigenvalue weighted by Gasteiger charge is 2.26. The summed E-state index contributed by atoms with van der Waals surface area (Å²) < 4.78 is 1.78. The van der Waals surface area contributed by atoms with Gasteiger partial charge in [0.15, 0.2) is 0 Å². The minimum atomic E-state index is -0.319. The Bertz CT molecular complexity index is 495. The topological polar surface area (TPSA) is 62.5 Å². The van der Waals surface area contributed by atoms with Gasteiger partial charge in [0.25, 0.3) is 0 Å². The number of nitrogens with one attached hydrogen (secondary N) is 1. The lowest BCUT2D eigenvalue weighted by Gasteiger charge is -2.28. The minimum Gasteiger partial charge on any atom is -0.391 e. The van der Waals surface area contributed by atoms with Crippen molar-refractivity contribution in [2.45, 2.75) is 25.0 Å². The summed E-state index contributed by atoms with van der Waals surface area (Å²) in [4.78, 5) is 4.02. The maximum atomic E-state index is 9.99. The third kappa shape index (κ3) is 1.48. The van der Waals surface area contributed by atoms with Gasteiger partial charge in [0.05, 0.1) is 23.9 Å². The van der Waals surface area contributed by atoms with Gasteiger partial charge in [-0.2, -0.15) is 5.10 Å². The van der Waals surface area contributed by atoms with Crippen LogP contribution >= 0.6 is 0 Å². The Balaban J connectivity index is 2.04. The third-order valence-electron chi connectivity index (χ3n) is 3.14. The summed E-state index contributed by atoms with van der Waals surface area (Å²) in [6.07, 6.45) is 6.75. The SMILES string of the molecule is OC1CCCNC1c1ccn2ncncc12. The molecule has 0 amide bonds. The molecule has 3 heterocycles. The molecule has 0 aromatic carbocycles. The molecule has 0 aliphatic carbocycles. The zero-order valence-corrected chi connectivity index (χ0v) is 8.87. The van der Waals surface area contributed by atoms with Gasteiger partial charge >= 0.3 is 0 Å². The average Bonchev–Trinajstić information content (AvgIpc) is 2.74. The van der Waals surface area contributed by atoms with Gasteiger partial charge in [-0.05, 0) is 25.5 Å². The first-order chi connectivity index (χ1) is 7.86. The Morgan fingerprint density at radius 1 is 1.50 bits per heavy atom. The van der Waals surface area contributed by atoms with Gasteiger partial charge in [-0.3, -0.25) is 0 Å². The molecule has 2 aromatic heterocycles. The van der Waals surface area contributed by atoms with Crippen LogP contribution in [0.2, 0.25) is 0 Å². The Labute approximate surface area is 93.1 Å². The predicted octanol–water partition coefficient (Wildman–Crippen LogP) is 0.515. The molecular formula is C11H14N4O.